The summed E-state index contributed by atoms with van der Waals surface area (Å²) in [6, 6.07) is 20.7. The maximum absolute atomic E-state index is 12.9. The van der Waals surface area contributed by atoms with Crippen molar-refractivity contribution in [1.29, 1.82) is 0 Å². The Morgan fingerprint density at radius 3 is 2.56 bits per heavy atom. The van der Waals surface area contributed by atoms with E-state index in [1.165, 1.54) is 5.52 Å². The Labute approximate surface area is 184 Å². The van der Waals surface area contributed by atoms with Gasteiger partial charge in [0.15, 0.2) is 0 Å². The third-order valence-electron chi connectivity index (χ3n) is 5.81. The van der Waals surface area contributed by atoms with Gasteiger partial charge in [0.2, 0.25) is 5.91 Å². The highest BCUT2D eigenvalue weighted by Crippen LogP contribution is 2.31. The number of hydrogen-bond acceptors (Lipinski definition) is 3. The van der Waals surface area contributed by atoms with E-state index in [4.69, 9.17) is 0 Å². The molecule has 0 unspecified atom stereocenters. The molecule has 0 bridgehead atoms. The molecule has 4 amide bonds. The summed E-state index contributed by atoms with van der Waals surface area (Å²) in [5.74, 6) is -0.521. The van der Waals surface area contributed by atoms with E-state index in [1.807, 2.05) is 30.3 Å². The molecule has 5 rings (SSSR count). The molecule has 1 aliphatic rings. The van der Waals surface area contributed by atoms with Crippen LogP contribution in [-0.4, -0.2) is 33.9 Å². The Morgan fingerprint density at radius 1 is 0.969 bits per heavy atom. The Kier molecular flexibility index (Phi) is 4.86. The molecule has 1 aromatic heterocycles. The average Bonchev–Trinajstić information content (AvgIpc) is 3.30. The van der Waals surface area contributed by atoms with Crippen molar-refractivity contribution >= 4 is 45.3 Å². The lowest BCUT2D eigenvalue weighted by atomic mass is 10.1. The number of para-hydroxylation sites is 1. The van der Waals surface area contributed by atoms with E-state index in [0.29, 0.717) is 16.8 Å². The van der Waals surface area contributed by atoms with E-state index >= 15 is 0 Å². The molecule has 32 heavy (non-hydrogen) atoms. The lowest BCUT2D eigenvalue weighted by molar-refractivity contribution is -0.125. The minimum Gasteiger partial charge on any atom is -0.341 e. The van der Waals surface area contributed by atoms with Crippen molar-refractivity contribution in [3.05, 3.63) is 77.9 Å². The van der Waals surface area contributed by atoms with Crippen molar-refractivity contribution in [2.24, 2.45) is 0 Å². The second-order valence-electron chi connectivity index (χ2n) is 7.79. The largest absolute Gasteiger partial charge is 0.341 e. The van der Waals surface area contributed by atoms with Gasteiger partial charge >= 0.3 is 6.03 Å². The van der Waals surface area contributed by atoms with Gasteiger partial charge in [-0.2, -0.15) is 0 Å². The number of hydrogen-bond donors (Lipinski definition) is 2. The van der Waals surface area contributed by atoms with Crippen molar-refractivity contribution < 1.29 is 14.4 Å². The van der Waals surface area contributed by atoms with Gasteiger partial charge in [0.25, 0.3) is 5.91 Å². The summed E-state index contributed by atoms with van der Waals surface area (Å²) in [5, 5.41) is 7.71. The number of rotatable bonds is 5. The number of amides is 4. The summed E-state index contributed by atoms with van der Waals surface area (Å²) in [7, 11) is 0. The summed E-state index contributed by atoms with van der Waals surface area (Å²) in [5.41, 5.74) is 4.18. The summed E-state index contributed by atoms with van der Waals surface area (Å²) >= 11 is 0. The first kappa shape index (κ1) is 19.8. The monoisotopic (exact) mass is 426 g/mol. The van der Waals surface area contributed by atoms with Crippen LogP contribution < -0.4 is 10.6 Å². The summed E-state index contributed by atoms with van der Waals surface area (Å²) in [6.45, 7) is 3.12. The summed E-state index contributed by atoms with van der Waals surface area (Å²) in [4.78, 5) is 37.7. The van der Waals surface area contributed by atoms with Crippen molar-refractivity contribution in [2.45, 2.75) is 20.0 Å². The van der Waals surface area contributed by atoms with E-state index in [1.54, 1.807) is 24.3 Å². The molecular weight excluding hydrogens is 404 g/mol. The fraction of sp³-hybridized carbons (Fsp3) is 0.160. The van der Waals surface area contributed by atoms with Crippen LogP contribution >= 0.6 is 0 Å². The number of nitrogens with one attached hydrogen (secondary N) is 2. The maximum atomic E-state index is 12.9. The lowest BCUT2D eigenvalue weighted by Gasteiger charge is -2.13. The van der Waals surface area contributed by atoms with Gasteiger partial charge in [-0.05, 0) is 48.9 Å². The van der Waals surface area contributed by atoms with Crippen LogP contribution in [0.25, 0.3) is 21.8 Å². The highest BCUT2D eigenvalue weighted by atomic mass is 16.2. The van der Waals surface area contributed by atoms with Crippen LogP contribution in [0.3, 0.4) is 0 Å². The van der Waals surface area contributed by atoms with Crippen molar-refractivity contribution in [3.8, 4) is 0 Å². The van der Waals surface area contributed by atoms with Crippen molar-refractivity contribution in [2.75, 3.05) is 11.9 Å². The van der Waals surface area contributed by atoms with Crippen LogP contribution in [0, 0.1) is 0 Å². The Hall–Kier alpha value is -4.13. The predicted molar refractivity (Wildman–Crippen MR) is 123 cm³/mol. The van der Waals surface area contributed by atoms with Gasteiger partial charge in [0.1, 0.15) is 0 Å². The van der Waals surface area contributed by atoms with Crippen LogP contribution in [-0.2, 0) is 17.9 Å². The normalized spacial score (nSPS) is 13.7. The molecule has 1 fully saturated rings. The van der Waals surface area contributed by atoms with Gasteiger partial charge in [-0.1, -0.05) is 30.3 Å². The standard InChI is InChI=1S/C25H22N4O3/c1-2-28-21-9-4-3-8-19(21)20-13-18(10-11-22(20)28)27-24(31)17-7-5-6-16(12-17)15-29-23(30)14-26-25(29)32/h3-13H,2,14-15H2,1H3,(H,26,32)(H,27,31). The van der Waals surface area contributed by atoms with Gasteiger partial charge in [-0.25, -0.2) is 4.79 Å². The van der Waals surface area contributed by atoms with Gasteiger partial charge < -0.3 is 15.2 Å². The fourth-order valence-corrected chi connectivity index (χ4v) is 4.28. The quantitative estimate of drug-likeness (QED) is 0.471. The van der Waals surface area contributed by atoms with Crippen LogP contribution in [0.15, 0.2) is 66.7 Å². The average molecular weight is 426 g/mol. The minimum absolute atomic E-state index is 0.00985. The van der Waals surface area contributed by atoms with E-state index in [-0.39, 0.29) is 24.9 Å². The molecule has 3 aromatic carbocycles. The molecule has 1 aliphatic heterocycles. The van der Waals surface area contributed by atoms with Crippen molar-refractivity contribution in [1.82, 2.24) is 14.8 Å². The molecule has 7 heteroatoms. The van der Waals surface area contributed by atoms with Gasteiger partial charge in [-0.15, -0.1) is 0 Å². The predicted octanol–water partition coefficient (Wildman–Crippen LogP) is 4.12. The highest BCUT2D eigenvalue weighted by Gasteiger charge is 2.28. The first-order valence-corrected chi connectivity index (χ1v) is 10.5. The maximum Gasteiger partial charge on any atom is 0.324 e. The molecule has 7 nitrogen and oxygen atoms in total. The number of carbonyl (C=O) groups excluding carboxylic acids is 3. The molecule has 2 heterocycles. The molecule has 0 aliphatic carbocycles. The van der Waals surface area contributed by atoms with E-state index in [9.17, 15) is 14.4 Å². The molecule has 0 radical (unpaired) electrons. The van der Waals surface area contributed by atoms with E-state index in [2.05, 4.69) is 34.3 Å². The van der Waals surface area contributed by atoms with Crippen LogP contribution in [0.5, 0.6) is 0 Å². The third kappa shape index (κ3) is 3.37. The minimum atomic E-state index is -0.413. The molecule has 4 aromatic rings. The molecule has 1 saturated heterocycles. The number of imide groups is 1. The number of anilines is 1. The molecule has 0 spiro atoms. The Morgan fingerprint density at radius 2 is 1.78 bits per heavy atom. The zero-order valence-electron chi connectivity index (χ0n) is 17.6. The molecule has 160 valence electrons. The highest BCUT2D eigenvalue weighted by molar-refractivity contribution is 6.11. The van der Waals surface area contributed by atoms with Crippen LogP contribution in [0.4, 0.5) is 10.5 Å². The number of fused-ring (bicyclic) bond motifs is 3. The van der Waals surface area contributed by atoms with Crippen LogP contribution in [0.2, 0.25) is 0 Å². The lowest BCUT2D eigenvalue weighted by Crippen LogP contribution is -2.30. The smallest absolute Gasteiger partial charge is 0.324 e. The number of carbonyl (C=O) groups is 3. The summed E-state index contributed by atoms with van der Waals surface area (Å²) in [6.07, 6.45) is 0. The number of nitrogens with zero attached hydrogens (tertiary/aromatic N) is 2. The first-order valence-electron chi connectivity index (χ1n) is 10.5. The van der Waals surface area contributed by atoms with E-state index in [0.717, 1.165) is 27.7 Å². The van der Waals surface area contributed by atoms with E-state index < -0.39 is 6.03 Å². The molecular formula is C25H22N4O3. The zero-order valence-corrected chi connectivity index (χ0v) is 17.6. The molecule has 2 N–H and O–H groups in total. The molecule has 0 saturated carbocycles. The molecule has 0 atom stereocenters. The number of urea groups is 1. The number of aryl methyl sites for hydroxylation is 1. The first-order chi connectivity index (χ1) is 15.5. The zero-order chi connectivity index (χ0) is 22.2. The van der Waals surface area contributed by atoms with Gasteiger partial charge in [0, 0.05) is 39.6 Å². The van der Waals surface area contributed by atoms with Crippen molar-refractivity contribution in [3.63, 3.8) is 0 Å². The van der Waals surface area contributed by atoms with Gasteiger partial charge in [0.05, 0.1) is 13.1 Å². The number of benzene rings is 3. The second-order valence-corrected chi connectivity index (χ2v) is 7.79. The van der Waals surface area contributed by atoms with Crippen LogP contribution in [0.1, 0.15) is 22.8 Å². The van der Waals surface area contributed by atoms with Gasteiger partial charge in [-0.3, -0.25) is 14.5 Å². The summed E-state index contributed by atoms with van der Waals surface area (Å²) < 4.78 is 2.26. The third-order valence-corrected chi connectivity index (χ3v) is 5.81. The Balaban J connectivity index is 1.41. The second kappa shape index (κ2) is 7.85. The fourth-order valence-electron chi connectivity index (χ4n) is 4.28. The number of aromatic nitrogens is 1. The Bertz CT molecular complexity index is 1370. The SMILES string of the molecule is CCn1c2ccccc2c2cc(NC(=O)c3cccc(CN4C(=O)CNC4=O)c3)ccc21. The topological polar surface area (TPSA) is 83.4 Å².